The minimum atomic E-state index is -4.90. The van der Waals surface area contributed by atoms with Crippen LogP contribution in [0.1, 0.15) is 73.8 Å². The summed E-state index contributed by atoms with van der Waals surface area (Å²) >= 11 is 0. The van der Waals surface area contributed by atoms with Crippen LogP contribution in [0.5, 0.6) is 0 Å². The maximum absolute atomic E-state index is 13.9. The first-order chi connectivity index (χ1) is 15.9. The molecule has 11 heteroatoms. The van der Waals surface area contributed by atoms with Gasteiger partial charge in [-0.2, -0.15) is 26.3 Å². The number of halogens is 6. The van der Waals surface area contributed by atoms with Gasteiger partial charge < -0.3 is 10.2 Å². The highest BCUT2D eigenvalue weighted by atomic mass is 19.4. The van der Waals surface area contributed by atoms with E-state index in [0.29, 0.717) is 17.8 Å². The quantitative estimate of drug-likeness (QED) is 0.554. The molecule has 4 aliphatic carbocycles. The van der Waals surface area contributed by atoms with Crippen LogP contribution in [0, 0.1) is 23.7 Å². The smallest absolute Gasteiger partial charge is 0.349 e. The molecular weight excluding hydrogens is 462 g/mol. The fourth-order valence-electron chi connectivity index (χ4n) is 6.94. The van der Waals surface area contributed by atoms with E-state index < -0.39 is 35.4 Å². The SMILES string of the molecule is O=C(c1cnc(NC23CCC4CC(CC(C4)C2)C3)nc1C(F)(F)F)N1CCC(C(F)(F)F)CC1. The van der Waals surface area contributed by atoms with Crippen molar-refractivity contribution in [2.75, 3.05) is 18.4 Å². The Morgan fingerprint density at radius 3 is 2.18 bits per heavy atom. The van der Waals surface area contributed by atoms with Gasteiger partial charge in [0.25, 0.3) is 5.91 Å². The van der Waals surface area contributed by atoms with Crippen molar-refractivity contribution in [2.24, 2.45) is 23.7 Å². The first kappa shape index (κ1) is 23.7. The van der Waals surface area contributed by atoms with E-state index in [4.69, 9.17) is 0 Å². The van der Waals surface area contributed by atoms with Gasteiger partial charge in [-0.1, -0.05) is 0 Å². The van der Waals surface area contributed by atoms with Crippen molar-refractivity contribution in [3.05, 3.63) is 17.5 Å². The van der Waals surface area contributed by atoms with E-state index in [1.165, 1.54) is 19.3 Å². The summed E-state index contributed by atoms with van der Waals surface area (Å²) in [7, 11) is 0. The van der Waals surface area contributed by atoms with Gasteiger partial charge in [0, 0.05) is 24.8 Å². The summed E-state index contributed by atoms with van der Waals surface area (Å²) in [6, 6.07) is 0. The normalized spacial score (nSPS) is 32.1. The molecule has 2 heterocycles. The zero-order valence-corrected chi connectivity index (χ0v) is 18.7. The fraction of sp³-hybridized carbons (Fsp3) is 0.783. The number of alkyl halides is 6. The lowest BCUT2D eigenvalue weighted by Gasteiger charge is -2.45. The Kier molecular flexibility index (Phi) is 5.75. The number of likely N-dealkylation sites (tertiary alicyclic amines) is 1. The van der Waals surface area contributed by atoms with Gasteiger partial charge in [0.1, 0.15) is 0 Å². The number of hydrogen-bond donors (Lipinski definition) is 1. The molecule has 1 aliphatic heterocycles. The van der Waals surface area contributed by atoms with Gasteiger partial charge in [0.2, 0.25) is 5.95 Å². The number of nitrogens with zero attached hydrogens (tertiary/aromatic N) is 3. The molecule has 0 radical (unpaired) electrons. The Morgan fingerprint density at radius 2 is 1.59 bits per heavy atom. The van der Waals surface area contributed by atoms with Gasteiger partial charge in [0.05, 0.1) is 11.5 Å². The predicted molar refractivity (Wildman–Crippen MR) is 111 cm³/mol. The molecular formula is C23H28F6N4O. The van der Waals surface area contributed by atoms with Crippen molar-refractivity contribution in [1.82, 2.24) is 14.9 Å². The van der Waals surface area contributed by atoms with Crippen molar-refractivity contribution >= 4 is 11.9 Å². The van der Waals surface area contributed by atoms with Crippen molar-refractivity contribution < 1.29 is 31.1 Å². The van der Waals surface area contributed by atoms with Crippen LogP contribution < -0.4 is 5.32 Å². The highest BCUT2D eigenvalue weighted by molar-refractivity contribution is 5.95. The van der Waals surface area contributed by atoms with E-state index in [-0.39, 0.29) is 37.4 Å². The standard InChI is InChI=1S/C23H28F6N4O/c24-22(25,26)16-2-5-33(6-3-16)19(34)17-12-30-20(31-18(17)23(27,28)29)32-21-4-1-13-7-14(10-21)9-15(8-13)11-21/h12-16H,1-11H2,(H,30,31,32). The molecule has 1 aromatic rings. The Labute approximate surface area is 193 Å². The maximum atomic E-state index is 13.9. The predicted octanol–water partition coefficient (Wildman–Crippen LogP) is 5.68. The Morgan fingerprint density at radius 1 is 0.971 bits per heavy atom. The Bertz CT molecular complexity index is 926. The zero-order valence-electron chi connectivity index (χ0n) is 18.7. The molecule has 1 amide bonds. The minimum Gasteiger partial charge on any atom is -0.349 e. The van der Waals surface area contributed by atoms with Crippen LogP contribution >= 0.6 is 0 Å². The highest BCUT2D eigenvalue weighted by Gasteiger charge is 2.48. The van der Waals surface area contributed by atoms with Crippen LogP contribution in [0.25, 0.3) is 0 Å². The number of carbonyl (C=O) groups excluding carboxylic acids is 1. The van der Waals surface area contributed by atoms with Crippen LogP contribution in [0.15, 0.2) is 6.20 Å². The largest absolute Gasteiger partial charge is 0.434 e. The zero-order chi connectivity index (χ0) is 24.3. The van der Waals surface area contributed by atoms with E-state index in [2.05, 4.69) is 15.3 Å². The Balaban J connectivity index is 1.36. The second-order valence-electron chi connectivity index (χ2n) is 10.7. The second kappa shape index (κ2) is 8.26. The second-order valence-corrected chi connectivity index (χ2v) is 10.7. The van der Waals surface area contributed by atoms with Crippen molar-refractivity contribution in [3.8, 4) is 0 Å². The number of hydrogen-bond acceptors (Lipinski definition) is 4. The fourth-order valence-corrected chi connectivity index (χ4v) is 6.94. The number of fused-ring (bicyclic) bond motifs is 1. The van der Waals surface area contributed by atoms with Gasteiger partial charge in [-0.25, -0.2) is 9.97 Å². The number of aromatic nitrogens is 2. The van der Waals surface area contributed by atoms with Gasteiger partial charge >= 0.3 is 12.4 Å². The van der Waals surface area contributed by atoms with Crippen LogP contribution in [0.3, 0.4) is 0 Å². The first-order valence-corrected chi connectivity index (χ1v) is 12.0. The molecule has 1 saturated heterocycles. The van der Waals surface area contributed by atoms with Crippen LogP contribution in [0.2, 0.25) is 0 Å². The molecule has 2 unspecified atom stereocenters. The molecule has 5 nitrogen and oxygen atoms in total. The Hall–Kier alpha value is -2.07. The molecule has 0 aromatic carbocycles. The summed E-state index contributed by atoms with van der Waals surface area (Å²) < 4.78 is 80.4. The first-order valence-electron chi connectivity index (χ1n) is 12.0. The molecule has 4 bridgehead atoms. The molecule has 34 heavy (non-hydrogen) atoms. The number of anilines is 1. The van der Waals surface area contributed by atoms with Gasteiger partial charge in [-0.3, -0.25) is 4.79 Å². The minimum absolute atomic E-state index is 0.139. The van der Waals surface area contributed by atoms with Crippen molar-refractivity contribution in [1.29, 1.82) is 0 Å². The molecule has 6 rings (SSSR count). The number of piperidine rings is 1. The molecule has 188 valence electrons. The summed E-state index contributed by atoms with van der Waals surface area (Å²) in [5.74, 6) is -0.857. The van der Waals surface area contributed by atoms with Crippen molar-refractivity contribution in [3.63, 3.8) is 0 Å². The van der Waals surface area contributed by atoms with E-state index >= 15 is 0 Å². The molecule has 1 aromatic heterocycles. The third kappa shape index (κ3) is 4.58. The molecule has 1 N–H and O–H groups in total. The molecule has 4 saturated carbocycles. The molecule has 2 atom stereocenters. The molecule has 5 aliphatic rings. The summed E-state index contributed by atoms with van der Waals surface area (Å²) in [6.45, 7) is -0.513. The van der Waals surface area contributed by atoms with E-state index in [0.717, 1.165) is 36.8 Å². The van der Waals surface area contributed by atoms with Crippen LogP contribution in [-0.4, -0.2) is 45.6 Å². The van der Waals surface area contributed by atoms with Gasteiger partial charge in [-0.15, -0.1) is 0 Å². The lowest BCUT2D eigenvalue weighted by Crippen LogP contribution is -2.46. The summed E-state index contributed by atoms with van der Waals surface area (Å²) in [5.41, 5.74) is -2.38. The maximum Gasteiger partial charge on any atom is 0.434 e. The third-order valence-corrected chi connectivity index (χ3v) is 8.30. The average Bonchev–Trinajstić information content (AvgIpc) is 2.95. The van der Waals surface area contributed by atoms with Crippen molar-refractivity contribution in [2.45, 2.75) is 75.7 Å². The number of nitrogens with one attached hydrogen (secondary N) is 1. The highest BCUT2D eigenvalue weighted by Crippen LogP contribution is 2.54. The topological polar surface area (TPSA) is 58.1 Å². The molecule has 0 spiro atoms. The summed E-state index contributed by atoms with van der Waals surface area (Å²) in [6.07, 6.45) is -1.85. The number of amides is 1. The monoisotopic (exact) mass is 490 g/mol. The van der Waals surface area contributed by atoms with Gasteiger partial charge in [-0.05, 0) is 75.5 Å². The van der Waals surface area contributed by atoms with E-state index in [1.54, 1.807) is 0 Å². The average molecular weight is 490 g/mol. The molecule has 5 fully saturated rings. The summed E-state index contributed by atoms with van der Waals surface area (Å²) in [4.78, 5) is 21.7. The number of rotatable bonds is 3. The lowest BCUT2D eigenvalue weighted by molar-refractivity contribution is -0.183. The number of carbonyl (C=O) groups is 1. The third-order valence-electron chi connectivity index (χ3n) is 8.30. The lowest BCUT2D eigenvalue weighted by atomic mass is 9.65. The van der Waals surface area contributed by atoms with Crippen LogP contribution in [-0.2, 0) is 6.18 Å². The van der Waals surface area contributed by atoms with Gasteiger partial charge in [0.15, 0.2) is 5.69 Å². The van der Waals surface area contributed by atoms with Crippen LogP contribution in [0.4, 0.5) is 32.3 Å². The van der Waals surface area contributed by atoms with E-state index in [9.17, 15) is 31.1 Å². The summed E-state index contributed by atoms with van der Waals surface area (Å²) in [5, 5.41) is 3.23. The van der Waals surface area contributed by atoms with E-state index in [1.807, 2.05) is 0 Å².